The quantitative estimate of drug-likeness (QED) is 0.231. The van der Waals surface area contributed by atoms with E-state index in [1.165, 1.54) is 5.56 Å². The number of piperazine rings is 1. The number of nitrogens with zero attached hydrogens (tertiary/aromatic N) is 6. The lowest BCUT2D eigenvalue weighted by atomic mass is 10.2. The highest BCUT2D eigenvalue weighted by molar-refractivity contribution is 14.0. The Kier molecular flexibility index (Phi) is 11.0. The summed E-state index contributed by atoms with van der Waals surface area (Å²) in [5.41, 5.74) is 1.25. The van der Waals surface area contributed by atoms with Gasteiger partial charge >= 0.3 is 0 Å². The van der Waals surface area contributed by atoms with Crippen LogP contribution in [-0.2, 0) is 24.9 Å². The Bertz CT molecular complexity index is 837. The fraction of sp³-hybridized carbons (Fsp3) is 0.571. The minimum absolute atomic E-state index is 0. The summed E-state index contributed by atoms with van der Waals surface area (Å²) in [6, 6.07) is 8.10. The predicted molar refractivity (Wildman–Crippen MR) is 135 cm³/mol. The lowest BCUT2D eigenvalue weighted by Crippen LogP contribution is -2.52. The second-order valence-electron chi connectivity index (χ2n) is 7.53. The Labute approximate surface area is 207 Å². The maximum atomic E-state index is 6.13. The standard InChI is InChI=1S/C21H32ClN7O.HI/c1-17-25-26-20(27(17)2)15-24-21(23-8-5-13-30-3)29-11-9-28(10-12-29)16-18-6-4-7-19(22)14-18;/h4,6-7,14H,5,8-13,15-16H2,1-3H3,(H,23,24);1H. The van der Waals surface area contributed by atoms with E-state index < -0.39 is 0 Å². The molecule has 172 valence electrons. The third kappa shape index (κ3) is 7.89. The van der Waals surface area contributed by atoms with Crippen molar-refractivity contribution in [3.63, 3.8) is 0 Å². The van der Waals surface area contributed by atoms with E-state index in [0.717, 1.165) is 74.9 Å². The minimum atomic E-state index is 0. The number of benzene rings is 1. The molecule has 3 rings (SSSR count). The summed E-state index contributed by atoms with van der Waals surface area (Å²) < 4.78 is 7.15. The molecule has 0 saturated carbocycles. The Morgan fingerprint density at radius 2 is 2.00 bits per heavy atom. The average molecular weight is 562 g/mol. The van der Waals surface area contributed by atoms with Crippen molar-refractivity contribution in [1.29, 1.82) is 0 Å². The first-order valence-electron chi connectivity index (χ1n) is 10.4. The van der Waals surface area contributed by atoms with Crippen molar-refractivity contribution >= 4 is 41.5 Å². The molecule has 1 aliphatic rings. The van der Waals surface area contributed by atoms with E-state index in [-0.39, 0.29) is 24.0 Å². The molecule has 1 saturated heterocycles. The van der Waals surface area contributed by atoms with Crippen LogP contribution < -0.4 is 5.32 Å². The number of guanidine groups is 1. The van der Waals surface area contributed by atoms with E-state index in [0.29, 0.717) is 6.54 Å². The number of aliphatic imine (C=N–C) groups is 1. The summed E-state index contributed by atoms with van der Waals surface area (Å²) in [5, 5.41) is 12.6. The van der Waals surface area contributed by atoms with Crippen LogP contribution in [0.5, 0.6) is 0 Å². The molecular weight excluding hydrogens is 529 g/mol. The highest BCUT2D eigenvalue weighted by atomic mass is 127. The van der Waals surface area contributed by atoms with E-state index in [2.05, 4.69) is 31.4 Å². The molecule has 0 atom stereocenters. The van der Waals surface area contributed by atoms with Gasteiger partial charge in [-0.1, -0.05) is 23.7 Å². The summed E-state index contributed by atoms with van der Waals surface area (Å²) in [6.45, 7) is 8.74. The average Bonchev–Trinajstić information content (AvgIpc) is 3.06. The molecule has 1 fully saturated rings. The van der Waals surface area contributed by atoms with Gasteiger partial charge in [-0.25, -0.2) is 4.99 Å². The second kappa shape index (κ2) is 13.2. The van der Waals surface area contributed by atoms with Crippen LogP contribution in [0.2, 0.25) is 5.02 Å². The molecule has 0 unspecified atom stereocenters. The van der Waals surface area contributed by atoms with Crippen molar-refractivity contribution in [2.75, 3.05) is 46.4 Å². The largest absolute Gasteiger partial charge is 0.385 e. The van der Waals surface area contributed by atoms with Crippen molar-refractivity contribution in [3.8, 4) is 0 Å². The van der Waals surface area contributed by atoms with Gasteiger partial charge in [-0.05, 0) is 31.0 Å². The van der Waals surface area contributed by atoms with Gasteiger partial charge in [0.05, 0.1) is 0 Å². The molecule has 2 aromatic rings. The summed E-state index contributed by atoms with van der Waals surface area (Å²) in [7, 11) is 3.70. The lowest BCUT2D eigenvalue weighted by Gasteiger charge is -2.36. The van der Waals surface area contributed by atoms with Gasteiger partial charge in [-0.15, -0.1) is 34.2 Å². The van der Waals surface area contributed by atoms with Gasteiger partial charge in [0.15, 0.2) is 11.8 Å². The maximum absolute atomic E-state index is 6.13. The normalized spacial score (nSPS) is 15.1. The van der Waals surface area contributed by atoms with Gasteiger partial charge in [0, 0.05) is 65.1 Å². The Hall–Kier alpha value is -1.43. The molecular formula is C21H33ClIN7O. The molecule has 8 nitrogen and oxygen atoms in total. The van der Waals surface area contributed by atoms with Crippen LogP contribution in [0.4, 0.5) is 0 Å². The van der Waals surface area contributed by atoms with Crippen LogP contribution in [0.1, 0.15) is 23.6 Å². The lowest BCUT2D eigenvalue weighted by molar-refractivity contribution is 0.171. The Balaban J connectivity index is 0.00000341. The van der Waals surface area contributed by atoms with Gasteiger partial charge in [0.2, 0.25) is 0 Å². The number of aryl methyl sites for hydroxylation is 1. The van der Waals surface area contributed by atoms with Crippen LogP contribution >= 0.6 is 35.6 Å². The molecule has 10 heteroatoms. The predicted octanol–water partition coefficient (Wildman–Crippen LogP) is 2.69. The SMILES string of the molecule is COCCCNC(=NCc1nnc(C)n1C)N1CCN(Cc2cccc(Cl)c2)CC1.I. The molecule has 0 spiro atoms. The zero-order valence-corrected chi connectivity index (χ0v) is 21.6. The first kappa shape index (κ1) is 25.8. The van der Waals surface area contributed by atoms with Crippen molar-refractivity contribution in [2.24, 2.45) is 12.0 Å². The fourth-order valence-electron chi connectivity index (χ4n) is 3.43. The van der Waals surface area contributed by atoms with E-state index in [1.54, 1.807) is 7.11 Å². The molecule has 0 bridgehead atoms. The number of rotatable bonds is 8. The van der Waals surface area contributed by atoms with E-state index in [4.69, 9.17) is 21.3 Å². The smallest absolute Gasteiger partial charge is 0.194 e. The highest BCUT2D eigenvalue weighted by Gasteiger charge is 2.20. The number of methoxy groups -OCH3 is 1. The third-order valence-corrected chi connectivity index (χ3v) is 5.56. The van der Waals surface area contributed by atoms with Gasteiger partial charge in [-0.2, -0.15) is 0 Å². The van der Waals surface area contributed by atoms with Crippen molar-refractivity contribution in [2.45, 2.75) is 26.4 Å². The Morgan fingerprint density at radius 1 is 1.23 bits per heavy atom. The summed E-state index contributed by atoms with van der Waals surface area (Å²) in [5.74, 6) is 2.68. The second-order valence-corrected chi connectivity index (χ2v) is 7.96. The first-order valence-corrected chi connectivity index (χ1v) is 10.8. The molecule has 1 aromatic heterocycles. The number of nitrogens with one attached hydrogen (secondary N) is 1. The van der Waals surface area contributed by atoms with Gasteiger partial charge in [0.25, 0.3) is 0 Å². The molecule has 1 aromatic carbocycles. The Morgan fingerprint density at radius 3 is 2.65 bits per heavy atom. The minimum Gasteiger partial charge on any atom is -0.385 e. The summed E-state index contributed by atoms with van der Waals surface area (Å²) in [4.78, 5) is 9.62. The molecule has 31 heavy (non-hydrogen) atoms. The van der Waals surface area contributed by atoms with Crippen molar-refractivity contribution in [3.05, 3.63) is 46.5 Å². The first-order chi connectivity index (χ1) is 14.6. The topological polar surface area (TPSA) is 70.8 Å². The van der Waals surface area contributed by atoms with Crippen molar-refractivity contribution in [1.82, 2.24) is 29.9 Å². The van der Waals surface area contributed by atoms with Crippen LogP contribution in [0.15, 0.2) is 29.3 Å². The molecule has 0 aliphatic carbocycles. The summed E-state index contributed by atoms with van der Waals surface area (Å²) in [6.07, 6.45) is 0.938. The van der Waals surface area contributed by atoms with Crippen LogP contribution in [-0.4, -0.2) is 77.0 Å². The van der Waals surface area contributed by atoms with Gasteiger partial charge in [-0.3, -0.25) is 4.90 Å². The zero-order valence-electron chi connectivity index (χ0n) is 18.6. The van der Waals surface area contributed by atoms with Crippen molar-refractivity contribution < 1.29 is 4.74 Å². The van der Waals surface area contributed by atoms with E-state index in [1.807, 2.05) is 36.7 Å². The van der Waals surface area contributed by atoms with E-state index >= 15 is 0 Å². The van der Waals surface area contributed by atoms with E-state index in [9.17, 15) is 0 Å². The monoisotopic (exact) mass is 561 g/mol. The maximum Gasteiger partial charge on any atom is 0.194 e. The number of ether oxygens (including phenoxy) is 1. The number of hydrogen-bond donors (Lipinski definition) is 1. The molecule has 0 radical (unpaired) electrons. The van der Waals surface area contributed by atoms with Gasteiger partial charge < -0.3 is 19.5 Å². The van der Waals surface area contributed by atoms with Crippen LogP contribution in [0, 0.1) is 6.92 Å². The van der Waals surface area contributed by atoms with Crippen LogP contribution in [0.25, 0.3) is 0 Å². The highest BCUT2D eigenvalue weighted by Crippen LogP contribution is 2.14. The number of halogens is 2. The molecule has 1 aliphatic heterocycles. The van der Waals surface area contributed by atoms with Gasteiger partial charge in [0.1, 0.15) is 12.4 Å². The number of hydrogen-bond acceptors (Lipinski definition) is 5. The fourth-order valence-corrected chi connectivity index (χ4v) is 3.64. The van der Waals surface area contributed by atoms with Crippen LogP contribution in [0.3, 0.4) is 0 Å². The molecule has 1 N–H and O–H groups in total. The summed E-state index contributed by atoms with van der Waals surface area (Å²) >= 11 is 6.13. The third-order valence-electron chi connectivity index (χ3n) is 5.33. The number of aromatic nitrogens is 3. The zero-order chi connectivity index (χ0) is 21.3. The molecule has 2 heterocycles. The molecule has 0 amide bonds.